The van der Waals surface area contributed by atoms with E-state index in [-0.39, 0.29) is 0 Å². The molecule has 0 amide bonds. The van der Waals surface area contributed by atoms with Crippen LogP contribution in [0.3, 0.4) is 0 Å². The van der Waals surface area contributed by atoms with Crippen molar-refractivity contribution in [2.45, 2.75) is 13.5 Å². The lowest BCUT2D eigenvalue weighted by atomic mass is 10.2. The summed E-state index contributed by atoms with van der Waals surface area (Å²) >= 11 is 12.0. The molecule has 3 rings (SSSR count). The summed E-state index contributed by atoms with van der Waals surface area (Å²) in [5.74, 6) is 0.851. The van der Waals surface area contributed by atoms with E-state index in [1.54, 1.807) is 7.11 Å². The highest BCUT2D eigenvalue weighted by Gasteiger charge is 2.15. The van der Waals surface area contributed by atoms with Gasteiger partial charge in [0, 0.05) is 43.4 Å². The summed E-state index contributed by atoms with van der Waals surface area (Å²) in [6.45, 7) is 8.00. The van der Waals surface area contributed by atoms with Crippen LogP contribution in [0.25, 0.3) is 0 Å². The number of anilines is 1. The van der Waals surface area contributed by atoms with Crippen molar-refractivity contribution in [3.63, 3.8) is 0 Å². The van der Waals surface area contributed by atoms with E-state index in [0.717, 1.165) is 68.0 Å². The molecule has 156 valence electrons. The molecule has 1 aliphatic rings. The summed E-state index contributed by atoms with van der Waals surface area (Å²) in [5, 5.41) is 4.76. The van der Waals surface area contributed by atoms with Gasteiger partial charge < -0.3 is 19.7 Å². The van der Waals surface area contributed by atoms with Gasteiger partial charge in [-0.05, 0) is 54.5 Å². The van der Waals surface area contributed by atoms with Gasteiger partial charge in [-0.2, -0.15) is 0 Å². The maximum atomic E-state index is 6.27. The van der Waals surface area contributed by atoms with E-state index >= 15 is 0 Å². The first kappa shape index (κ1) is 21.8. The highest BCUT2D eigenvalue weighted by molar-refractivity contribution is 7.80. The van der Waals surface area contributed by atoms with Gasteiger partial charge in [0.15, 0.2) is 5.11 Å². The summed E-state index contributed by atoms with van der Waals surface area (Å²) in [7, 11) is 1.68. The quantitative estimate of drug-likeness (QED) is 0.660. The van der Waals surface area contributed by atoms with Crippen molar-refractivity contribution < 1.29 is 9.47 Å². The van der Waals surface area contributed by atoms with E-state index in [0.29, 0.717) is 5.11 Å². The van der Waals surface area contributed by atoms with Crippen LogP contribution in [0.5, 0.6) is 5.75 Å². The van der Waals surface area contributed by atoms with Crippen LogP contribution in [0.1, 0.15) is 11.1 Å². The minimum Gasteiger partial charge on any atom is -0.497 e. The number of hydrogen-bond acceptors (Lipinski definition) is 4. The number of methoxy groups -OCH3 is 1. The smallest absolute Gasteiger partial charge is 0.173 e. The van der Waals surface area contributed by atoms with Crippen molar-refractivity contribution >= 4 is 34.6 Å². The van der Waals surface area contributed by atoms with E-state index in [9.17, 15) is 0 Å². The van der Waals surface area contributed by atoms with Crippen molar-refractivity contribution in [2.75, 3.05) is 51.8 Å². The molecular formula is C22H28ClN3O2S. The van der Waals surface area contributed by atoms with E-state index in [4.69, 9.17) is 33.3 Å². The zero-order chi connectivity index (χ0) is 20.6. The van der Waals surface area contributed by atoms with Gasteiger partial charge in [0.2, 0.25) is 0 Å². The van der Waals surface area contributed by atoms with E-state index in [2.05, 4.69) is 27.2 Å². The maximum absolute atomic E-state index is 6.27. The second-order valence-electron chi connectivity index (χ2n) is 7.12. The predicted octanol–water partition coefficient (Wildman–Crippen LogP) is 4.19. The standard InChI is InChI=1S/C22H28ClN3O2S/c1-17-3-6-19(15-21(17)23)24-22(29)26(10-9-25-11-13-28-14-12-25)16-18-4-7-20(27-2)8-5-18/h3-8,15H,9-14,16H2,1-2H3,(H,24,29). The van der Waals surface area contributed by atoms with Crippen LogP contribution in [0.2, 0.25) is 5.02 Å². The lowest BCUT2D eigenvalue weighted by molar-refractivity contribution is 0.0358. The van der Waals surface area contributed by atoms with Crippen LogP contribution >= 0.6 is 23.8 Å². The molecule has 0 atom stereocenters. The highest BCUT2D eigenvalue weighted by atomic mass is 35.5. The lowest BCUT2D eigenvalue weighted by Gasteiger charge is -2.31. The molecule has 1 N–H and O–H groups in total. The van der Waals surface area contributed by atoms with Crippen LogP contribution in [-0.4, -0.2) is 61.4 Å². The minimum atomic E-state index is 0.689. The van der Waals surface area contributed by atoms with Gasteiger partial charge in [0.05, 0.1) is 20.3 Å². The molecule has 0 aromatic heterocycles. The maximum Gasteiger partial charge on any atom is 0.173 e. The van der Waals surface area contributed by atoms with Gasteiger partial charge in [-0.15, -0.1) is 0 Å². The minimum absolute atomic E-state index is 0.689. The first-order valence-electron chi connectivity index (χ1n) is 9.80. The fourth-order valence-electron chi connectivity index (χ4n) is 3.16. The van der Waals surface area contributed by atoms with Crippen molar-refractivity contribution in [1.82, 2.24) is 9.80 Å². The molecule has 2 aromatic carbocycles. The van der Waals surface area contributed by atoms with E-state index in [1.165, 1.54) is 5.56 Å². The molecule has 0 radical (unpaired) electrons. The zero-order valence-electron chi connectivity index (χ0n) is 17.0. The van der Waals surface area contributed by atoms with Gasteiger partial charge in [0.1, 0.15) is 5.75 Å². The Hall–Kier alpha value is -1.86. The molecule has 0 aliphatic carbocycles. The van der Waals surface area contributed by atoms with Gasteiger partial charge in [-0.1, -0.05) is 29.8 Å². The van der Waals surface area contributed by atoms with Crippen molar-refractivity contribution in [3.8, 4) is 5.75 Å². The highest BCUT2D eigenvalue weighted by Crippen LogP contribution is 2.21. The molecule has 0 unspecified atom stereocenters. The summed E-state index contributed by atoms with van der Waals surface area (Å²) in [6.07, 6.45) is 0. The summed E-state index contributed by atoms with van der Waals surface area (Å²) in [4.78, 5) is 4.61. The molecule has 1 fully saturated rings. The Morgan fingerprint density at radius 2 is 1.93 bits per heavy atom. The third-order valence-electron chi connectivity index (χ3n) is 5.03. The number of benzene rings is 2. The Morgan fingerprint density at radius 1 is 1.21 bits per heavy atom. The molecule has 7 heteroatoms. The molecule has 1 aliphatic heterocycles. The van der Waals surface area contributed by atoms with Crippen LogP contribution in [-0.2, 0) is 11.3 Å². The molecule has 2 aromatic rings. The van der Waals surface area contributed by atoms with Gasteiger partial charge in [-0.25, -0.2) is 0 Å². The second kappa shape index (κ2) is 10.8. The second-order valence-corrected chi connectivity index (χ2v) is 7.91. The van der Waals surface area contributed by atoms with Crippen LogP contribution < -0.4 is 10.1 Å². The van der Waals surface area contributed by atoms with Crippen molar-refractivity contribution in [1.29, 1.82) is 0 Å². The van der Waals surface area contributed by atoms with Crippen molar-refractivity contribution in [3.05, 3.63) is 58.6 Å². The number of ether oxygens (including phenoxy) is 2. The third-order valence-corrected chi connectivity index (χ3v) is 5.80. The average Bonchev–Trinajstić information content (AvgIpc) is 2.75. The molecule has 1 heterocycles. The molecule has 0 saturated carbocycles. The number of halogens is 1. The Morgan fingerprint density at radius 3 is 2.59 bits per heavy atom. The first-order valence-corrected chi connectivity index (χ1v) is 10.6. The zero-order valence-corrected chi connectivity index (χ0v) is 18.6. The fraction of sp³-hybridized carbons (Fsp3) is 0.409. The Labute approximate surface area is 183 Å². The first-order chi connectivity index (χ1) is 14.0. The Bertz CT molecular complexity index is 810. The largest absolute Gasteiger partial charge is 0.497 e. The number of hydrogen-bond donors (Lipinski definition) is 1. The van der Waals surface area contributed by atoms with Crippen molar-refractivity contribution in [2.24, 2.45) is 0 Å². The summed E-state index contributed by atoms with van der Waals surface area (Å²) in [6, 6.07) is 14.0. The topological polar surface area (TPSA) is 37.0 Å². The van der Waals surface area contributed by atoms with Crippen LogP contribution in [0.15, 0.2) is 42.5 Å². The molecule has 29 heavy (non-hydrogen) atoms. The van der Waals surface area contributed by atoms with Gasteiger partial charge in [-0.3, -0.25) is 4.90 Å². The van der Waals surface area contributed by atoms with E-state index in [1.807, 2.05) is 37.3 Å². The number of nitrogens with zero attached hydrogens (tertiary/aromatic N) is 2. The Balaban J connectivity index is 1.68. The molecule has 0 spiro atoms. The molecule has 5 nitrogen and oxygen atoms in total. The third kappa shape index (κ3) is 6.57. The molecule has 1 saturated heterocycles. The van der Waals surface area contributed by atoms with Gasteiger partial charge >= 0.3 is 0 Å². The Kier molecular flexibility index (Phi) is 8.12. The lowest BCUT2D eigenvalue weighted by Crippen LogP contribution is -2.43. The number of aryl methyl sites for hydroxylation is 1. The number of morpholine rings is 1. The molecular weight excluding hydrogens is 406 g/mol. The van der Waals surface area contributed by atoms with Crippen LogP contribution in [0.4, 0.5) is 5.69 Å². The number of rotatable bonds is 7. The number of nitrogens with one attached hydrogen (secondary N) is 1. The van der Waals surface area contributed by atoms with Gasteiger partial charge in [0.25, 0.3) is 0 Å². The monoisotopic (exact) mass is 433 g/mol. The summed E-state index contributed by atoms with van der Waals surface area (Å²) in [5.41, 5.74) is 3.13. The fourth-order valence-corrected chi connectivity index (χ4v) is 3.62. The van der Waals surface area contributed by atoms with E-state index < -0.39 is 0 Å². The SMILES string of the molecule is COc1ccc(CN(CCN2CCOCC2)C(=S)Nc2ccc(C)c(Cl)c2)cc1. The predicted molar refractivity (Wildman–Crippen MR) is 123 cm³/mol. The average molecular weight is 434 g/mol. The number of thiocarbonyl (C=S) groups is 1. The summed E-state index contributed by atoms with van der Waals surface area (Å²) < 4.78 is 10.7. The van der Waals surface area contributed by atoms with Crippen LogP contribution in [0, 0.1) is 6.92 Å². The normalized spacial score (nSPS) is 14.4. The molecule has 0 bridgehead atoms.